The van der Waals surface area contributed by atoms with Crippen LogP contribution in [0.2, 0.25) is 0 Å². The van der Waals surface area contributed by atoms with Gasteiger partial charge in [0.2, 0.25) is 0 Å². The first-order valence-corrected chi connectivity index (χ1v) is 15.5. The van der Waals surface area contributed by atoms with Crippen molar-refractivity contribution in [2.75, 3.05) is 37.7 Å². The molecule has 4 aliphatic rings. The fourth-order valence-electron chi connectivity index (χ4n) is 7.50. The number of thioether (sulfide) groups is 1. The third-order valence-corrected chi connectivity index (χ3v) is 10.9. The summed E-state index contributed by atoms with van der Waals surface area (Å²) >= 11 is 2.00. The Labute approximate surface area is 245 Å². The molecule has 0 radical (unpaired) electrons. The van der Waals surface area contributed by atoms with E-state index in [0.717, 1.165) is 45.3 Å². The molecular weight excluding hydrogens is 563 g/mol. The zero-order valence-electron chi connectivity index (χ0n) is 22.9. The van der Waals surface area contributed by atoms with E-state index in [1.54, 1.807) is 12.1 Å². The van der Waals surface area contributed by atoms with E-state index in [0.29, 0.717) is 40.1 Å². The van der Waals surface area contributed by atoms with E-state index >= 15 is 8.78 Å². The molecule has 0 amide bonds. The van der Waals surface area contributed by atoms with Gasteiger partial charge >= 0.3 is 6.01 Å². The third kappa shape index (κ3) is 4.26. The number of aromatic hydroxyl groups is 1. The number of fused-ring (bicyclic) bond motifs is 5. The lowest BCUT2D eigenvalue weighted by molar-refractivity contribution is 0.107. The van der Waals surface area contributed by atoms with Crippen molar-refractivity contribution in [3.8, 4) is 23.0 Å². The predicted molar refractivity (Wildman–Crippen MR) is 157 cm³/mol. The largest absolute Gasteiger partial charge is 0.508 e. The van der Waals surface area contributed by atoms with E-state index in [1.807, 2.05) is 11.8 Å². The number of phenols is 1. The third-order valence-electron chi connectivity index (χ3n) is 9.38. The number of rotatable bonds is 5. The smallest absolute Gasteiger partial charge is 0.319 e. The van der Waals surface area contributed by atoms with Crippen molar-refractivity contribution in [3.63, 3.8) is 0 Å². The monoisotopic (exact) mass is 593 g/mol. The Bertz CT molecular complexity index is 1710. The summed E-state index contributed by atoms with van der Waals surface area (Å²) in [6, 6.07) is 7.29. The van der Waals surface area contributed by atoms with Crippen molar-refractivity contribution in [1.29, 1.82) is 0 Å². The van der Waals surface area contributed by atoms with E-state index in [1.165, 1.54) is 24.4 Å². The average Bonchev–Trinajstić information content (AvgIpc) is 3.61. The van der Waals surface area contributed by atoms with Gasteiger partial charge in [-0.1, -0.05) is 12.1 Å². The molecule has 11 heteroatoms. The van der Waals surface area contributed by atoms with Crippen LogP contribution in [0.5, 0.6) is 11.8 Å². The maximum atomic E-state index is 16.6. The highest BCUT2D eigenvalue weighted by atomic mass is 32.2. The van der Waals surface area contributed by atoms with E-state index in [9.17, 15) is 9.50 Å². The quantitative estimate of drug-likeness (QED) is 0.308. The highest BCUT2D eigenvalue weighted by Gasteiger charge is 2.49. The minimum atomic E-state index is -0.896. The van der Waals surface area contributed by atoms with E-state index in [2.05, 4.69) is 19.8 Å². The molecule has 0 spiro atoms. The van der Waals surface area contributed by atoms with Crippen molar-refractivity contribution in [3.05, 3.63) is 48.2 Å². The number of nitrogens with zero attached hydrogens (tertiary/aromatic N) is 5. The van der Waals surface area contributed by atoms with Gasteiger partial charge < -0.3 is 14.7 Å². The first-order chi connectivity index (χ1) is 20.4. The van der Waals surface area contributed by atoms with Crippen LogP contribution in [0.4, 0.5) is 19.0 Å². The fraction of sp³-hybridized carbons (Fsp3) is 0.452. The van der Waals surface area contributed by atoms with Crippen LogP contribution < -0.4 is 9.64 Å². The standard InChI is InChI=1S/C31H30F3N5O2S/c32-18-11-31(7-2-8-39(31)13-18)16-41-30-36-28-23(29(37-30)38-14-20-5-6-21(15-38)42-20)12-35-27(26(28)34)22-10-19(40)9-17-3-1-4-24(33)25(17)22/h1,3-4,9-10,12,18,20-21,40H,2,5-8,11,13-16H2/t18-,20-,21+,31+/m1/s1. The number of aromatic nitrogens is 3. The Kier molecular flexibility index (Phi) is 6.19. The second-order valence-electron chi connectivity index (χ2n) is 12.1. The van der Waals surface area contributed by atoms with Crippen LogP contribution in [-0.4, -0.2) is 80.0 Å². The maximum Gasteiger partial charge on any atom is 0.319 e. The molecule has 1 N–H and O–H groups in total. The molecule has 7 nitrogen and oxygen atoms in total. The summed E-state index contributed by atoms with van der Waals surface area (Å²) in [6.45, 7) is 3.01. The molecule has 4 atom stereocenters. The summed E-state index contributed by atoms with van der Waals surface area (Å²) in [4.78, 5) is 18.1. The first kappa shape index (κ1) is 26.3. The predicted octanol–water partition coefficient (Wildman–Crippen LogP) is 5.87. The number of halogens is 3. The summed E-state index contributed by atoms with van der Waals surface area (Å²) in [6.07, 6.45) is 5.12. The molecule has 4 fully saturated rings. The molecule has 0 unspecified atom stereocenters. The number of anilines is 1. The summed E-state index contributed by atoms with van der Waals surface area (Å²) in [5.41, 5.74) is -0.361. The van der Waals surface area contributed by atoms with Crippen LogP contribution >= 0.6 is 11.8 Å². The molecule has 8 rings (SSSR count). The molecule has 4 aromatic rings. The van der Waals surface area contributed by atoms with Gasteiger partial charge in [-0.15, -0.1) is 0 Å². The molecule has 4 saturated heterocycles. The zero-order valence-corrected chi connectivity index (χ0v) is 23.7. The van der Waals surface area contributed by atoms with Crippen LogP contribution in [0.1, 0.15) is 32.1 Å². The maximum absolute atomic E-state index is 16.6. The van der Waals surface area contributed by atoms with Gasteiger partial charge in [0.1, 0.15) is 41.4 Å². The molecular formula is C31H30F3N5O2S. The minimum absolute atomic E-state index is 0.0222. The van der Waals surface area contributed by atoms with Crippen LogP contribution in [0.3, 0.4) is 0 Å². The van der Waals surface area contributed by atoms with Gasteiger partial charge in [0.15, 0.2) is 5.82 Å². The van der Waals surface area contributed by atoms with Gasteiger partial charge in [0.05, 0.1) is 10.9 Å². The second-order valence-corrected chi connectivity index (χ2v) is 13.7. The molecule has 42 heavy (non-hydrogen) atoms. The second kappa shape index (κ2) is 9.87. The fourth-order valence-corrected chi connectivity index (χ4v) is 9.12. The summed E-state index contributed by atoms with van der Waals surface area (Å²) in [5.74, 6) is -0.842. The van der Waals surface area contributed by atoms with Gasteiger partial charge in [0, 0.05) is 53.7 Å². The number of pyridine rings is 1. The molecule has 2 aromatic carbocycles. The van der Waals surface area contributed by atoms with E-state index in [4.69, 9.17) is 9.72 Å². The Morgan fingerprint density at radius 2 is 1.93 bits per heavy atom. The van der Waals surface area contributed by atoms with Gasteiger partial charge in [-0.2, -0.15) is 21.7 Å². The summed E-state index contributed by atoms with van der Waals surface area (Å²) in [5, 5.41) is 12.4. The van der Waals surface area contributed by atoms with Crippen molar-refractivity contribution < 1.29 is 23.0 Å². The van der Waals surface area contributed by atoms with Gasteiger partial charge in [0.25, 0.3) is 0 Å². The summed E-state index contributed by atoms with van der Waals surface area (Å²) in [7, 11) is 0. The molecule has 0 aliphatic carbocycles. The Morgan fingerprint density at radius 1 is 1.10 bits per heavy atom. The van der Waals surface area contributed by atoms with Crippen molar-refractivity contribution in [2.45, 2.75) is 54.3 Å². The molecule has 218 valence electrons. The minimum Gasteiger partial charge on any atom is -0.508 e. The van der Waals surface area contributed by atoms with Crippen LogP contribution in [0.25, 0.3) is 32.9 Å². The molecule has 4 aliphatic heterocycles. The van der Waals surface area contributed by atoms with Crippen molar-refractivity contribution in [1.82, 2.24) is 19.9 Å². The number of hydrogen-bond acceptors (Lipinski definition) is 8. The lowest BCUT2D eigenvalue weighted by Gasteiger charge is -2.33. The number of phenolic OH excluding ortho intramolecular Hbond substituents is 1. The van der Waals surface area contributed by atoms with Crippen molar-refractivity contribution >= 4 is 39.3 Å². The average molecular weight is 594 g/mol. The van der Waals surface area contributed by atoms with Gasteiger partial charge in [-0.05, 0) is 55.8 Å². The molecule has 2 bridgehead atoms. The topological polar surface area (TPSA) is 74.6 Å². The normalized spacial score (nSPS) is 27.3. The van der Waals surface area contributed by atoms with E-state index in [-0.39, 0.29) is 40.5 Å². The first-order valence-electron chi connectivity index (χ1n) is 14.6. The summed E-state index contributed by atoms with van der Waals surface area (Å²) < 4.78 is 52.2. The number of ether oxygens (including phenoxy) is 1. The van der Waals surface area contributed by atoms with Crippen LogP contribution in [0, 0.1) is 11.6 Å². The molecule has 6 heterocycles. The van der Waals surface area contributed by atoms with Gasteiger partial charge in [-0.3, -0.25) is 9.88 Å². The number of benzene rings is 2. The number of alkyl halides is 1. The lowest BCUT2D eigenvalue weighted by Crippen LogP contribution is -2.43. The van der Waals surface area contributed by atoms with Crippen molar-refractivity contribution in [2.24, 2.45) is 0 Å². The zero-order chi connectivity index (χ0) is 28.6. The Hall–Kier alpha value is -3.31. The molecule has 0 saturated carbocycles. The number of hydrogen-bond donors (Lipinski definition) is 1. The highest BCUT2D eigenvalue weighted by Crippen LogP contribution is 2.43. The Balaban J connectivity index is 1.26. The van der Waals surface area contributed by atoms with Gasteiger partial charge in [-0.25, -0.2) is 13.2 Å². The molecule has 2 aromatic heterocycles. The lowest BCUT2D eigenvalue weighted by atomic mass is 9.95. The Morgan fingerprint density at radius 3 is 2.76 bits per heavy atom. The van der Waals surface area contributed by atoms with Crippen LogP contribution in [0.15, 0.2) is 36.5 Å². The van der Waals surface area contributed by atoms with Crippen LogP contribution in [-0.2, 0) is 0 Å². The highest BCUT2D eigenvalue weighted by molar-refractivity contribution is 8.00. The SMILES string of the molecule is Oc1cc(-c2ncc3c(N4C[C@H]5CC[C@@H](C4)S5)nc(OC[C@@]45CCCN4C[C@H](F)C5)nc3c2F)c2c(F)cccc2c1. The van der Waals surface area contributed by atoms with E-state index < -0.39 is 23.3 Å².